The third-order valence-electron chi connectivity index (χ3n) is 4.26. The van der Waals surface area contributed by atoms with Crippen molar-refractivity contribution in [3.8, 4) is 17.2 Å². The number of benzene rings is 3. The highest BCUT2D eigenvalue weighted by Gasteiger charge is 2.13. The zero-order valence-electron chi connectivity index (χ0n) is 16.4. The Hall–Kier alpha value is -3.06. The summed E-state index contributed by atoms with van der Waals surface area (Å²) in [6, 6.07) is 15.0. The minimum absolute atomic E-state index is 0.362. The van der Waals surface area contributed by atoms with Gasteiger partial charge in [-0.1, -0.05) is 24.3 Å². The van der Waals surface area contributed by atoms with Crippen LogP contribution in [-0.4, -0.2) is 32.9 Å². The van der Waals surface area contributed by atoms with E-state index in [9.17, 15) is 4.79 Å². The van der Waals surface area contributed by atoms with Gasteiger partial charge >= 0.3 is 0 Å². The second-order valence-corrected chi connectivity index (χ2v) is 6.91. The normalized spacial score (nSPS) is 10.9. The minimum Gasteiger partial charge on any atom is -0.496 e. The molecule has 0 saturated heterocycles. The van der Waals surface area contributed by atoms with Gasteiger partial charge in [0, 0.05) is 10.0 Å². The van der Waals surface area contributed by atoms with Gasteiger partial charge in [-0.25, -0.2) is 5.43 Å². The Morgan fingerprint density at radius 3 is 2.38 bits per heavy atom. The molecule has 0 aliphatic rings. The third kappa shape index (κ3) is 4.68. The summed E-state index contributed by atoms with van der Waals surface area (Å²) in [6.45, 7) is 2.40. The quantitative estimate of drug-likeness (QED) is 0.410. The first kappa shape index (κ1) is 20.7. The maximum absolute atomic E-state index is 12.7. The molecule has 0 atom stereocenters. The molecule has 3 rings (SSSR count). The number of amides is 1. The number of hydrogen-bond donors (Lipinski definition) is 1. The number of hydrazone groups is 1. The zero-order valence-corrected chi connectivity index (χ0v) is 17.9. The molecule has 0 saturated carbocycles. The fourth-order valence-electron chi connectivity index (χ4n) is 2.86. The number of halogens is 1. The van der Waals surface area contributed by atoms with E-state index in [-0.39, 0.29) is 5.91 Å². The fourth-order valence-corrected chi connectivity index (χ4v) is 3.29. The Bertz CT molecular complexity index is 1070. The minimum atomic E-state index is -0.362. The molecule has 6 nitrogen and oxygen atoms in total. The molecule has 7 heteroatoms. The van der Waals surface area contributed by atoms with E-state index in [0.29, 0.717) is 29.4 Å². The molecule has 150 valence electrons. The summed E-state index contributed by atoms with van der Waals surface area (Å²) in [4.78, 5) is 12.7. The summed E-state index contributed by atoms with van der Waals surface area (Å²) in [7, 11) is 3.11. The highest BCUT2D eigenvalue weighted by atomic mass is 79.9. The summed E-state index contributed by atoms with van der Waals surface area (Å²) in [5, 5.41) is 6.03. The van der Waals surface area contributed by atoms with Gasteiger partial charge in [-0.05, 0) is 57.9 Å². The first-order valence-electron chi connectivity index (χ1n) is 8.97. The number of carbonyl (C=O) groups excluding carboxylic acids is 1. The average Bonchev–Trinajstić information content (AvgIpc) is 2.74. The van der Waals surface area contributed by atoms with E-state index in [4.69, 9.17) is 14.2 Å². The Kier molecular flexibility index (Phi) is 6.72. The first-order chi connectivity index (χ1) is 14.1. The molecule has 0 unspecified atom stereocenters. The number of fused-ring (bicyclic) bond motifs is 1. The van der Waals surface area contributed by atoms with Crippen LogP contribution in [0.1, 0.15) is 22.8 Å². The third-order valence-corrected chi connectivity index (χ3v) is 4.95. The predicted molar refractivity (Wildman–Crippen MR) is 117 cm³/mol. The van der Waals surface area contributed by atoms with Gasteiger partial charge in [-0.15, -0.1) is 0 Å². The molecule has 0 aliphatic heterocycles. The van der Waals surface area contributed by atoms with E-state index in [2.05, 4.69) is 26.5 Å². The molecule has 0 radical (unpaired) electrons. The molecule has 3 aromatic carbocycles. The number of nitrogens with one attached hydrogen (secondary N) is 1. The van der Waals surface area contributed by atoms with Gasteiger partial charge < -0.3 is 14.2 Å². The molecule has 0 aromatic heterocycles. The molecule has 0 spiro atoms. The zero-order chi connectivity index (χ0) is 20.8. The van der Waals surface area contributed by atoms with Crippen molar-refractivity contribution in [1.82, 2.24) is 5.43 Å². The van der Waals surface area contributed by atoms with Crippen LogP contribution in [0.25, 0.3) is 10.8 Å². The lowest BCUT2D eigenvalue weighted by Gasteiger charge is -2.11. The molecule has 0 heterocycles. The van der Waals surface area contributed by atoms with Crippen LogP contribution in [0.2, 0.25) is 0 Å². The monoisotopic (exact) mass is 456 g/mol. The second-order valence-electron chi connectivity index (χ2n) is 6.06. The highest BCUT2D eigenvalue weighted by Crippen LogP contribution is 2.33. The summed E-state index contributed by atoms with van der Waals surface area (Å²) in [5.41, 5.74) is 3.70. The van der Waals surface area contributed by atoms with Crippen molar-refractivity contribution >= 4 is 38.8 Å². The van der Waals surface area contributed by atoms with Crippen molar-refractivity contribution in [3.63, 3.8) is 0 Å². The Morgan fingerprint density at radius 2 is 1.72 bits per heavy atom. The van der Waals surface area contributed by atoms with Crippen LogP contribution >= 0.6 is 15.9 Å². The molecular formula is C22H21BrN2O4. The van der Waals surface area contributed by atoms with Gasteiger partial charge in [0.25, 0.3) is 5.91 Å². The Labute approximate surface area is 177 Å². The van der Waals surface area contributed by atoms with E-state index in [1.54, 1.807) is 25.3 Å². The lowest BCUT2D eigenvalue weighted by atomic mass is 10.1. The van der Waals surface area contributed by atoms with E-state index < -0.39 is 0 Å². The molecule has 1 amide bonds. The van der Waals surface area contributed by atoms with Crippen LogP contribution in [-0.2, 0) is 0 Å². The maximum Gasteiger partial charge on any atom is 0.275 e. The Balaban J connectivity index is 1.83. The molecule has 3 aromatic rings. The fraction of sp³-hybridized carbons (Fsp3) is 0.182. The number of methoxy groups -OCH3 is 2. The van der Waals surface area contributed by atoms with E-state index in [0.717, 1.165) is 20.8 Å². The maximum atomic E-state index is 12.7. The largest absolute Gasteiger partial charge is 0.496 e. The van der Waals surface area contributed by atoms with Gasteiger partial charge in [0.15, 0.2) is 11.5 Å². The first-order valence-corrected chi connectivity index (χ1v) is 9.77. The predicted octanol–water partition coefficient (Wildman–Crippen LogP) is 4.78. The van der Waals surface area contributed by atoms with Crippen LogP contribution in [0, 0.1) is 0 Å². The number of carbonyl (C=O) groups is 1. The van der Waals surface area contributed by atoms with Gasteiger partial charge in [0.1, 0.15) is 5.75 Å². The molecule has 1 N–H and O–H groups in total. The molecule has 29 heavy (non-hydrogen) atoms. The topological polar surface area (TPSA) is 69.2 Å². The number of hydrogen-bond acceptors (Lipinski definition) is 5. The van der Waals surface area contributed by atoms with Crippen molar-refractivity contribution in [2.24, 2.45) is 5.10 Å². The van der Waals surface area contributed by atoms with Crippen molar-refractivity contribution < 1.29 is 19.0 Å². The SMILES string of the molecule is CCOc1cc(/C=N\NC(=O)c2cc3ccccc3cc2OC)c(Br)cc1OC. The summed E-state index contributed by atoms with van der Waals surface area (Å²) >= 11 is 3.48. The summed E-state index contributed by atoms with van der Waals surface area (Å²) in [5.74, 6) is 1.34. The van der Waals surface area contributed by atoms with E-state index in [1.807, 2.05) is 37.3 Å². The van der Waals surface area contributed by atoms with Gasteiger partial charge in [-0.3, -0.25) is 4.79 Å². The number of rotatable bonds is 7. The lowest BCUT2D eigenvalue weighted by molar-refractivity contribution is 0.0952. The average molecular weight is 457 g/mol. The van der Waals surface area contributed by atoms with Crippen molar-refractivity contribution in [1.29, 1.82) is 0 Å². The van der Waals surface area contributed by atoms with Crippen LogP contribution < -0.4 is 19.6 Å². The number of ether oxygens (including phenoxy) is 3. The van der Waals surface area contributed by atoms with E-state index in [1.165, 1.54) is 13.3 Å². The lowest BCUT2D eigenvalue weighted by Crippen LogP contribution is -2.18. The second kappa shape index (κ2) is 9.43. The van der Waals surface area contributed by atoms with Gasteiger partial charge in [0.2, 0.25) is 0 Å². The highest BCUT2D eigenvalue weighted by molar-refractivity contribution is 9.10. The van der Waals surface area contributed by atoms with Crippen LogP contribution in [0.5, 0.6) is 17.2 Å². The van der Waals surface area contributed by atoms with Crippen LogP contribution in [0.15, 0.2) is 58.1 Å². The van der Waals surface area contributed by atoms with Crippen LogP contribution in [0.4, 0.5) is 0 Å². The van der Waals surface area contributed by atoms with Crippen molar-refractivity contribution in [3.05, 3.63) is 64.1 Å². The molecule has 0 bridgehead atoms. The van der Waals surface area contributed by atoms with E-state index >= 15 is 0 Å². The summed E-state index contributed by atoms with van der Waals surface area (Å²) < 4.78 is 17.0. The smallest absolute Gasteiger partial charge is 0.275 e. The summed E-state index contributed by atoms with van der Waals surface area (Å²) in [6.07, 6.45) is 1.54. The van der Waals surface area contributed by atoms with Crippen LogP contribution in [0.3, 0.4) is 0 Å². The molecule has 0 aliphatic carbocycles. The van der Waals surface area contributed by atoms with Gasteiger partial charge in [0.05, 0.1) is 32.6 Å². The number of nitrogens with zero attached hydrogens (tertiary/aromatic N) is 1. The van der Waals surface area contributed by atoms with Crippen molar-refractivity contribution in [2.45, 2.75) is 6.92 Å². The van der Waals surface area contributed by atoms with Crippen molar-refractivity contribution in [2.75, 3.05) is 20.8 Å². The standard InChI is InChI=1S/C22H21BrN2O4/c1-4-29-21-11-16(18(23)12-20(21)28-3)13-24-25-22(26)17-9-14-7-5-6-8-15(14)10-19(17)27-2/h5-13H,4H2,1-3H3,(H,25,26)/b24-13-. The van der Waals surface area contributed by atoms with Gasteiger partial charge in [-0.2, -0.15) is 5.10 Å². The Morgan fingerprint density at radius 1 is 1.03 bits per heavy atom. The molecule has 0 fully saturated rings. The molecular weight excluding hydrogens is 436 g/mol.